The normalized spacial score (nSPS) is 11.7. The molecule has 18 heavy (non-hydrogen) atoms. The van der Waals surface area contributed by atoms with Gasteiger partial charge < -0.3 is 11.1 Å². The third-order valence-electron chi connectivity index (χ3n) is 2.58. The Balaban J connectivity index is 2.21. The van der Waals surface area contributed by atoms with Gasteiger partial charge in [0.05, 0.1) is 6.42 Å². The summed E-state index contributed by atoms with van der Waals surface area (Å²) < 4.78 is 36.2. The summed E-state index contributed by atoms with van der Waals surface area (Å²) in [6, 6.07) is 5.06. The Bertz CT molecular complexity index is 552. The summed E-state index contributed by atoms with van der Waals surface area (Å²) in [5.74, 6) is 0. The van der Waals surface area contributed by atoms with Crippen molar-refractivity contribution in [1.29, 1.82) is 0 Å². The minimum Gasteiger partial charge on any atom is -0.398 e. The zero-order valence-corrected chi connectivity index (χ0v) is 9.46. The molecule has 1 aromatic carbocycles. The molecular weight excluding hydrogens is 243 g/mol. The van der Waals surface area contributed by atoms with E-state index in [1.54, 1.807) is 30.6 Å². The van der Waals surface area contributed by atoms with E-state index in [4.69, 9.17) is 5.73 Å². The predicted octanol–water partition coefficient (Wildman–Crippen LogP) is 3.18. The van der Waals surface area contributed by atoms with E-state index in [1.807, 2.05) is 0 Å². The van der Waals surface area contributed by atoms with Crippen LogP contribution in [0.25, 0.3) is 10.8 Å². The van der Waals surface area contributed by atoms with Gasteiger partial charge in [0.15, 0.2) is 0 Å². The van der Waals surface area contributed by atoms with Crippen molar-refractivity contribution in [2.75, 3.05) is 17.6 Å². The number of pyridine rings is 1. The monoisotopic (exact) mass is 255 g/mol. The molecule has 0 aliphatic rings. The number of halogens is 3. The first-order valence-corrected chi connectivity index (χ1v) is 5.40. The van der Waals surface area contributed by atoms with Crippen LogP contribution in [-0.2, 0) is 0 Å². The molecule has 0 atom stereocenters. The molecule has 0 amide bonds. The van der Waals surface area contributed by atoms with Crippen LogP contribution in [0.4, 0.5) is 24.5 Å². The maximum Gasteiger partial charge on any atom is 0.390 e. The lowest BCUT2D eigenvalue weighted by molar-refractivity contribution is -0.131. The van der Waals surface area contributed by atoms with Crippen LogP contribution < -0.4 is 11.1 Å². The number of aromatic nitrogens is 1. The smallest absolute Gasteiger partial charge is 0.390 e. The maximum absolute atomic E-state index is 12.1. The van der Waals surface area contributed by atoms with E-state index in [9.17, 15) is 13.2 Å². The third kappa shape index (κ3) is 2.82. The first-order chi connectivity index (χ1) is 8.47. The molecule has 0 spiro atoms. The summed E-state index contributed by atoms with van der Waals surface area (Å²) in [6.07, 6.45) is -1.85. The number of rotatable bonds is 3. The van der Waals surface area contributed by atoms with Gasteiger partial charge in [-0.05, 0) is 18.2 Å². The fraction of sp³-hybridized carbons (Fsp3) is 0.250. The summed E-state index contributed by atoms with van der Waals surface area (Å²) >= 11 is 0. The Kier molecular flexibility index (Phi) is 3.27. The van der Waals surface area contributed by atoms with E-state index in [0.717, 1.165) is 10.8 Å². The summed E-state index contributed by atoms with van der Waals surface area (Å²) in [6.45, 7) is -0.169. The number of fused-ring (bicyclic) bond motifs is 1. The molecule has 1 heterocycles. The molecule has 3 nitrogen and oxygen atoms in total. The van der Waals surface area contributed by atoms with Gasteiger partial charge >= 0.3 is 6.18 Å². The number of alkyl halides is 3. The van der Waals surface area contributed by atoms with Gasteiger partial charge in [0.1, 0.15) is 0 Å². The average Bonchev–Trinajstić information content (AvgIpc) is 2.31. The zero-order valence-electron chi connectivity index (χ0n) is 9.46. The Morgan fingerprint density at radius 1 is 1.17 bits per heavy atom. The van der Waals surface area contributed by atoms with E-state index >= 15 is 0 Å². The Labute approximate surface area is 102 Å². The molecule has 0 fully saturated rings. The second-order valence-corrected chi connectivity index (χ2v) is 3.92. The summed E-state index contributed by atoms with van der Waals surface area (Å²) in [5.41, 5.74) is 6.97. The molecule has 6 heteroatoms. The van der Waals surface area contributed by atoms with Crippen LogP contribution >= 0.6 is 0 Å². The molecule has 0 aliphatic heterocycles. The number of anilines is 2. The minimum atomic E-state index is -4.16. The first-order valence-electron chi connectivity index (χ1n) is 5.40. The number of benzene rings is 1. The molecular formula is C12H12F3N3. The van der Waals surface area contributed by atoms with Crippen LogP contribution in [-0.4, -0.2) is 17.7 Å². The molecule has 0 saturated heterocycles. The topological polar surface area (TPSA) is 50.9 Å². The highest BCUT2D eigenvalue weighted by Crippen LogP contribution is 2.28. The highest BCUT2D eigenvalue weighted by atomic mass is 19.4. The van der Waals surface area contributed by atoms with Crippen molar-refractivity contribution < 1.29 is 13.2 Å². The van der Waals surface area contributed by atoms with Crippen LogP contribution in [0.5, 0.6) is 0 Å². The molecule has 0 aliphatic carbocycles. The fourth-order valence-corrected chi connectivity index (χ4v) is 1.71. The summed E-state index contributed by atoms with van der Waals surface area (Å²) in [4.78, 5) is 3.95. The minimum absolute atomic E-state index is 0.169. The maximum atomic E-state index is 12.1. The van der Waals surface area contributed by atoms with Crippen molar-refractivity contribution in [3.63, 3.8) is 0 Å². The van der Waals surface area contributed by atoms with Crippen LogP contribution in [0.2, 0.25) is 0 Å². The van der Waals surface area contributed by atoms with Crippen molar-refractivity contribution in [2.24, 2.45) is 0 Å². The molecule has 3 N–H and O–H groups in total. The molecule has 0 bridgehead atoms. The Morgan fingerprint density at radius 2 is 1.94 bits per heavy atom. The lowest BCUT2D eigenvalue weighted by atomic mass is 10.1. The number of nitrogens with one attached hydrogen (secondary N) is 1. The summed E-state index contributed by atoms with van der Waals surface area (Å²) in [7, 11) is 0. The van der Waals surface area contributed by atoms with Gasteiger partial charge in [0.2, 0.25) is 0 Å². The quantitative estimate of drug-likeness (QED) is 0.828. The first kappa shape index (κ1) is 12.5. The van der Waals surface area contributed by atoms with E-state index < -0.39 is 12.6 Å². The van der Waals surface area contributed by atoms with Gasteiger partial charge in [0.25, 0.3) is 0 Å². The summed E-state index contributed by atoms with van der Waals surface area (Å²) in [5, 5.41) is 4.26. The van der Waals surface area contributed by atoms with Crippen LogP contribution in [0.1, 0.15) is 6.42 Å². The second-order valence-electron chi connectivity index (χ2n) is 3.92. The molecule has 1 aromatic heterocycles. The molecule has 0 saturated carbocycles. The molecule has 2 aromatic rings. The van der Waals surface area contributed by atoms with Crippen molar-refractivity contribution in [3.05, 3.63) is 30.6 Å². The third-order valence-corrected chi connectivity index (χ3v) is 2.58. The van der Waals surface area contributed by atoms with Gasteiger partial charge in [-0.25, -0.2) is 0 Å². The Morgan fingerprint density at radius 3 is 2.67 bits per heavy atom. The largest absolute Gasteiger partial charge is 0.398 e. The molecule has 96 valence electrons. The van der Waals surface area contributed by atoms with E-state index in [1.165, 1.54) is 0 Å². The van der Waals surface area contributed by atoms with Crippen molar-refractivity contribution in [1.82, 2.24) is 4.98 Å². The highest BCUT2D eigenvalue weighted by Gasteiger charge is 2.26. The van der Waals surface area contributed by atoms with Crippen LogP contribution in [0, 0.1) is 0 Å². The number of nitrogens with zero attached hydrogens (tertiary/aromatic N) is 1. The SMILES string of the molecule is Nc1ccc(NCCC(F)(F)F)c2cnccc12. The van der Waals surface area contributed by atoms with E-state index in [0.29, 0.717) is 11.4 Å². The van der Waals surface area contributed by atoms with Gasteiger partial charge in [-0.2, -0.15) is 13.2 Å². The standard InChI is InChI=1S/C12H12F3N3/c13-12(14,15)4-6-18-11-2-1-10(16)8-3-5-17-7-9(8)11/h1-3,5,7,18H,4,6,16H2. The average molecular weight is 255 g/mol. The van der Waals surface area contributed by atoms with Crippen molar-refractivity contribution in [2.45, 2.75) is 12.6 Å². The highest BCUT2D eigenvalue weighted by molar-refractivity contribution is 6.00. The van der Waals surface area contributed by atoms with Crippen molar-refractivity contribution >= 4 is 22.1 Å². The van der Waals surface area contributed by atoms with E-state index in [2.05, 4.69) is 10.3 Å². The number of hydrogen-bond donors (Lipinski definition) is 2. The number of nitrogen functional groups attached to an aromatic ring is 1. The number of nitrogens with two attached hydrogens (primary N) is 1. The van der Waals surface area contributed by atoms with Gasteiger partial charge in [-0.15, -0.1) is 0 Å². The molecule has 0 unspecified atom stereocenters. The van der Waals surface area contributed by atoms with Crippen LogP contribution in [0.3, 0.4) is 0 Å². The lowest BCUT2D eigenvalue weighted by Gasteiger charge is -2.12. The van der Waals surface area contributed by atoms with Gasteiger partial charge in [-0.3, -0.25) is 4.98 Å². The number of hydrogen-bond acceptors (Lipinski definition) is 3. The predicted molar refractivity (Wildman–Crippen MR) is 65.3 cm³/mol. The van der Waals surface area contributed by atoms with Crippen LogP contribution in [0.15, 0.2) is 30.6 Å². The van der Waals surface area contributed by atoms with Gasteiger partial charge in [0, 0.05) is 41.1 Å². The second kappa shape index (κ2) is 4.72. The lowest BCUT2D eigenvalue weighted by Crippen LogP contribution is -2.14. The molecule has 0 radical (unpaired) electrons. The zero-order chi connectivity index (χ0) is 13.2. The van der Waals surface area contributed by atoms with Gasteiger partial charge in [-0.1, -0.05) is 0 Å². The fourth-order valence-electron chi connectivity index (χ4n) is 1.71. The van der Waals surface area contributed by atoms with Crippen molar-refractivity contribution in [3.8, 4) is 0 Å². The van der Waals surface area contributed by atoms with E-state index in [-0.39, 0.29) is 6.54 Å². The molecule has 2 rings (SSSR count). The Hall–Kier alpha value is -1.98.